The molecule has 2 atom stereocenters. The molecule has 2 aromatic rings. The van der Waals surface area contributed by atoms with Gasteiger partial charge >= 0.3 is 0 Å². The molecule has 21 heavy (non-hydrogen) atoms. The largest absolute Gasteiger partial charge is 0.484 e. The van der Waals surface area contributed by atoms with Gasteiger partial charge in [0, 0.05) is 0 Å². The first-order chi connectivity index (χ1) is 10.2. The quantitative estimate of drug-likeness (QED) is 0.912. The minimum absolute atomic E-state index is 0.0655. The van der Waals surface area contributed by atoms with E-state index in [4.69, 9.17) is 10.5 Å². The zero-order valence-electron chi connectivity index (χ0n) is 11.8. The summed E-state index contributed by atoms with van der Waals surface area (Å²) in [5, 5.41) is 5.57. The molecule has 1 aromatic heterocycles. The van der Waals surface area contributed by atoms with Crippen LogP contribution >= 0.6 is 11.3 Å². The predicted octanol–water partition coefficient (Wildman–Crippen LogP) is 2.50. The van der Waals surface area contributed by atoms with Gasteiger partial charge in [0.1, 0.15) is 0 Å². The topological polar surface area (TPSA) is 64.3 Å². The molecule has 110 valence electrons. The fourth-order valence-electron chi connectivity index (χ4n) is 2.72. The number of hydrogen-bond donors (Lipinski definition) is 2. The minimum Gasteiger partial charge on any atom is -0.484 e. The summed E-state index contributed by atoms with van der Waals surface area (Å²) in [6, 6.07) is 9.65. The van der Waals surface area contributed by atoms with Crippen molar-refractivity contribution in [2.24, 2.45) is 5.73 Å². The zero-order chi connectivity index (χ0) is 14.8. The highest BCUT2D eigenvalue weighted by Crippen LogP contribution is 2.31. The van der Waals surface area contributed by atoms with Gasteiger partial charge in [0.05, 0.1) is 24.3 Å². The lowest BCUT2D eigenvalue weighted by Crippen LogP contribution is -2.40. The maximum absolute atomic E-state index is 12.4. The lowest BCUT2D eigenvalue weighted by molar-refractivity contribution is 0.0930. The van der Waals surface area contributed by atoms with Crippen LogP contribution in [0.25, 0.3) is 0 Å². The number of amides is 1. The molecule has 0 unspecified atom stereocenters. The summed E-state index contributed by atoms with van der Waals surface area (Å²) < 4.78 is 5.48. The van der Waals surface area contributed by atoms with E-state index in [0.717, 1.165) is 12.0 Å². The third-order valence-corrected chi connectivity index (χ3v) is 4.58. The summed E-state index contributed by atoms with van der Waals surface area (Å²) in [5.74, 6) is -0.118. The van der Waals surface area contributed by atoms with E-state index in [9.17, 15) is 4.79 Å². The Morgan fingerprint density at radius 2 is 2.24 bits per heavy atom. The average molecular weight is 302 g/mol. The molecule has 1 aromatic carbocycles. The molecule has 0 aliphatic heterocycles. The standard InChI is InChI=1S/C16H18N2O2S/c1-2-20-16-12(7-8-21-16)15(19)18-13-9-10-5-3-4-6-11(10)14(13)17/h3-8,13-14H,2,9,17H2,1H3,(H,18,19)/t13-,14-/m1/s1. The van der Waals surface area contributed by atoms with E-state index in [1.54, 1.807) is 6.07 Å². The Balaban J connectivity index is 1.73. The number of thiophene rings is 1. The van der Waals surface area contributed by atoms with Crippen LogP contribution in [0.15, 0.2) is 35.7 Å². The van der Waals surface area contributed by atoms with Gasteiger partial charge in [-0.05, 0) is 35.9 Å². The van der Waals surface area contributed by atoms with E-state index in [-0.39, 0.29) is 18.0 Å². The Morgan fingerprint density at radius 1 is 1.43 bits per heavy atom. The summed E-state index contributed by atoms with van der Waals surface area (Å²) in [6.45, 7) is 2.46. The van der Waals surface area contributed by atoms with Crippen molar-refractivity contribution in [3.63, 3.8) is 0 Å². The molecule has 1 aliphatic carbocycles. The molecular formula is C16H18N2O2S. The van der Waals surface area contributed by atoms with Crippen molar-refractivity contribution in [2.45, 2.75) is 25.4 Å². The van der Waals surface area contributed by atoms with E-state index in [2.05, 4.69) is 11.4 Å². The molecule has 3 rings (SSSR count). The van der Waals surface area contributed by atoms with Crippen LogP contribution in [0, 0.1) is 0 Å². The second-order valence-corrected chi connectivity index (χ2v) is 5.94. The highest BCUT2D eigenvalue weighted by atomic mass is 32.1. The van der Waals surface area contributed by atoms with Crippen molar-refractivity contribution in [2.75, 3.05) is 6.61 Å². The maximum Gasteiger partial charge on any atom is 0.256 e. The zero-order valence-corrected chi connectivity index (χ0v) is 12.7. The van der Waals surface area contributed by atoms with Gasteiger partial charge in [0.25, 0.3) is 5.91 Å². The predicted molar refractivity (Wildman–Crippen MR) is 83.8 cm³/mol. The van der Waals surface area contributed by atoms with Crippen LogP contribution in [0.3, 0.4) is 0 Å². The number of ether oxygens (including phenoxy) is 1. The summed E-state index contributed by atoms with van der Waals surface area (Å²) in [7, 11) is 0. The third-order valence-electron chi connectivity index (χ3n) is 3.75. The Bertz CT molecular complexity index is 653. The van der Waals surface area contributed by atoms with Crippen molar-refractivity contribution in [1.82, 2.24) is 5.32 Å². The van der Waals surface area contributed by atoms with Crippen molar-refractivity contribution in [3.8, 4) is 5.06 Å². The van der Waals surface area contributed by atoms with Gasteiger partial charge in [-0.3, -0.25) is 4.79 Å². The molecule has 0 saturated carbocycles. The maximum atomic E-state index is 12.4. The third kappa shape index (κ3) is 2.66. The van der Waals surface area contributed by atoms with Crippen LogP contribution < -0.4 is 15.8 Å². The SMILES string of the molecule is CCOc1sccc1C(=O)N[C@@H]1Cc2ccccc2[C@H]1N. The molecular weight excluding hydrogens is 284 g/mol. The van der Waals surface area contributed by atoms with Crippen LogP contribution in [0.1, 0.15) is 34.5 Å². The molecule has 5 heteroatoms. The normalized spacial score (nSPS) is 20.1. The average Bonchev–Trinajstić information content (AvgIpc) is 3.06. The van der Waals surface area contributed by atoms with E-state index >= 15 is 0 Å². The number of rotatable bonds is 4. The molecule has 1 amide bonds. The number of fused-ring (bicyclic) bond motifs is 1. The van der Waals surface area contributed by atoms with Crippen LogP contribution in [0.4, 0.5) is 0 Å². The van der Waals surface area contributed by atoms with Gasteiger partial charge in [-0.25, -0.2) is 0 Å². The Labute approximate surface area is 127 Å². The van der Waals surface area contributed by atoms with Crippen molar-refractivity contribution >= 4 is 17.2 Å². The number of carbonyl (C=O) groups is 1. The van der Waals surface area contributed by atoms with Gasteiger partial charge < -0.3 is 15.8 Å². The van der Waals surface area contributed by atoms with Crippen LogP contribution in [0.2, 0.25) is 0 Å². The lowest BCUT2D eigenvalue weighted by atomic mass is 10.1. The van der Waals surface area contributed by atoms with Crippen LogP contribution in [0.5, 0.6) is 5.06 Å². The highest BCUT2D eigenvalue weighted by molar-refractivity contribution is 7.12. The van der Waals surface area contributed by atoms with Gasteiger partial charge in [0.15, 0.2) is 5.06 Å². The summed E-state index contributed by atoms with van der Waals surface area (Å²) in [5.41, 5.74) is 9.17. The summed E-state index contributed by atoms with van der Waals surface area (Å²) >= 11 is 1.43. The first kappa shape index (κ1) is 14.1. The fraction of sp³-hybridized carbons (Fsp3) is 0.312. The first-order valence-corrected chi connectivity index (χ1v) is 7.93. The second kappa shape index (κ2) is 5.87. The lowest BCUT2D eigenvalue weighted by Gasteiger charge is -2.18. The molecule has 0 saturated heterocycles. The van der Waals surface area contributed by atoms with Gasteiger partial charge in [-0.2, -0.15) is 0 Å². The number of nitrogens with two attached hydrogens (primary N) is 1. The van der Waals surface area contributed by atoms with Crippen molar-refractivity contribution in [1.29, 1.82) is 0 Å². The van der Waals surface area contributed by atoms with E-state index in [0.29, 0.717) is 17.2 Å². The molecule has 4 nitrogen and oxygen atoms in total. The van der Waals surface area contributed by atoms with Gasteiger partial charge in [-0.1, -0.05) is 24.3 Å². The molecule has 0 fully saturated rings. The summed E-state index contributed by atoms with van der Waals surface area (Å²) in [4.78, 5) is 12.4. The van der Waals surface area contributed by atoms with E-state index < -0.39 is 0 Å². The fourth-order valence-corrected chi connectivity index (χ4v) is 3.52. The number of nitrogens with one attached hydrogen (secondary N) is 1. The van der Waals surface area contributed by atoms with Crippen molar-refractivity contribution in [3.05, 3.63) is 52.4 Å². The number of benzene rings is 1. The molecule has 3 N–H and O–H groups in total. The molecule has 0 spiro atoms. The number of carbonyl (C=O) groups excluding carboxylic acids is 1. The molecule has 1 aliphatic rings. The Kier molecular flexibility index (Phi) is 3.94. The van der Waals surface area contributed by atoms with E-state index in [1.807, 2.05) is 30.5 Å². The second-order valence-electron chi connectivity index (χ2n) is 5.06. The smallest absolute Gasteiger partial charge is 0.256 e. The van der Waals surface area contributed by atoms with Gasteiger partial charge in [-0.15, -0.1) is 11.3 Å². The first-order valence-electron chi connectivity index (χ1n) is 7.05. The van der Waals surface area contributed by atoms with Crippen LogP contribution in [-0.2, 0) is 6.42 Å². The highest BCUT2D eigenvalue weighted by Gasteiger charge is 2.31. The summed E-state index contributed by atoms with van der Waals surface area (Å²) in [6.07, 6.45) is 0.775. The Morgan fingerprint density at radius 3 is 3.00 bits per heavy atom. The molecule has 0 bridgehead atoms. The van der Waals surface area contributed by atoms with Crippen molar-refractivity contribution < 1.29 is 9.53 Å². The molecule has 1 heterocycles. The number of hydrogen-bond acceptors (Lipinski definition) is 4. The minimum atomic E-state index is -0.153. The van der Waals surface area contributed by atoms with Crippen LogP contribution in [-0.4, -0.2) is 18.6 Å². The van der Waals surface area contributed by atoms with E-state index in [1.165, 1.54) is 16.9 Å². The Hall–Kier alpha value is -1.85. The molecule has 0 radical (unpaired) electrons. The monoisotopic (exact) mass is 302 g/mol. The van der Waals surface area contributed by atoms with Gasteiger partial charge in [0.2, 0.25) is 0 Å².